The average molecular weight is 242 g/mol. The van der Waals surface area contributed by atoms with E-state index in [1.165, 1.54) is 6.07 Å². The van der Waals surface area contributed by atoms with Crippen molar-refractivity contribution in [3.8, 4) is 0 Å². The molecule has 1 aromatic rings. The Morgan fingerprint density at radius 2 is 2.19 bits per heavy atom. The fraction of sp³-hybridized carbons (Fsp3) is 0.417. The van der Waals surface area contributed by atoms with E-state index in [0.717, 1.165) is 6.42 Å². The van der Waals surface area contributed by atoms with Crippen molar-refractivity contribution < 1.29 is 9.53 Å². The molecule has 0 saturated heterocycles. The third-order valence-corrected chi connectivity index (χ3v) is 2.49. The maximum absolute atomic E-state index is 11.6. The van der Waals surface area contributed by atoms with E-state index in [0.29, 0.717) is 28.8 Å². The molecule has 2 N–H and O–H groups in total. The number of hydrogen-bond donors (Lipinski definition) is 1. The molecule has 88 valence electrons. The van der Waals surface area contributed by atoms with E-state index in [1.807, 2.05) is 0 Å². The van der Waals surface area contributed by atoms with Gasteiger partial charge in [-0.1, -0.05) is 25.4 Å². The van der Waals surface area contributed by atoms with Crippen molar-refractivity contribution in [3.05, 3.63) is 28.8 Å². The quantitative estimate of drug-likeness (QED) is 0.651. The number of hydrogen-bond acceptors (Lipinski definition) is 3. The molecule has 4 heteroatoms. The van der Waals surface area contributed by atoms with Gasteiger partial charge in [-0.05, 0) is 30.5 Å². The summed E-state index contributed by atoms with van der Waals surface area (Å²) < 4.78 is 5.10. The number of nitrogens with two attached hydrogens (primary N) is 1. The van der Waals surface area contributed by atoms with Crippen LogP contribution in [0.4, 0.5) is 5.69 Å². The lowest BCUT2D eigenvalue weighted by molar-refractivity contribution is 0.0488. The van der Waals surface area contributed by atoms with Gasteiger partial charge in [-0.25, -0.2) is 4.79 Å². The van der Waals surface area contributed by atoms with E-state index in [4.69, 9.17) is 22.1 Å². The Morgan fingerprint density at radius 1 is 1.50 bits per heavy atom. The molecule has 0 radical (unpaired) electrons. The van der Waals surface area contributed by atoms with Gasteiger partial charge in [0.05, 0.1) is 22.9 Å². The number of rotatable bonds is 4. The zero-order chi connectivity index (χ0) is 12.1. The molecule has 0 fully saturated rings. The molecule has 0 heterocycles. The van der Waals surface area contributed by atoms with Crippen LogP contribution in [0.25, 0.3) is 0 Å². The van der Waals surface area contributed by atoms with Gasteiger partial charge in [0.15, 0.2) is 0 Å². The van der Waals surface area contributed by atoms with Gasteiger partial charge in [0.2, 0.25) is 0 Å². The fourth-order valence-corrected chi connectivity index (χ4v) is 1.31. The Bertz CT molecular complexity index is 377. The molecule has 0 aliphatic carbocycles. The second kappa shape index (κ2) is 5.75. The van der Waals surface area contributed by atoms with E-state index in [-0.39, 0.29) is 5.97 Å². The summed E-state index contributed by atoms with van der Waals surface area (Å²) in [6, 6.07) is 4.73. The number of nitrogen functional groups attached to an aromatic ring is 1. The number of anilines is 1. The van der Waals surface area contributed by atoms with Crippen LogP contribution in [0, 0.1) is 5.92 Å². The van der Waals surface area contributed by atoms with E-state index < -0.39 is 0 Å². The summed E-state index contributed by atoms with van der Waals surface area (Å²) >= 11 is 5.81. The Kier molecular flexibility index (Phi) is 4.62. The Labute approximate surface area is 101 Å². The molecule has 0 spiro atoms. The number of esters is 1. The fourth-order valence-electron chi connectivity index (χ4n) is 1.12. The molecule has 0 aliphatic heterocycles. The van der Waals surface area contributed by atoms with Gasteiger partial charge in [-0.3, -0.25) is 0 Å². The average Bonchev–Trinajstić information content (AvgIpc) is 2.21. The lowest BCUT2D eigenvalue weighted by Gasteiger charge is -2.07. The molecule has 3 nitrogen and oxygen atoms in total. The molecule has 1 rings (SSSR count). The van der Waals surface area contributed by atoms with Crippen LogP contribution in [-0.2, 0) is 4.74 Å². The molecular weight excluding hydrogens is 226 g/mol. The summed E-state index contributed by atoms with van der Waals surface area (Å²) in [7, 11) is 0. The monoisotopic (exact) mass is 241 g/mol. The third kappa shape index (κ3) is 3.74. The standard InChI is InChI=1S/C12H16ClNO2/c1-8(2)5-6-16-12(15)9-3-4-11(14)10(13)7-9/h3-4,7-8H,5-6,14H2,1-2H3. The van der Waals surface area contributed by atoms with E-state index in [9.17, 15) is 4.79 Å². The molecule has 0 aliphatic rings. The van der Waals surface area contributed by atoms with Crippen molar-refractivity contribution in [2.45, 2.75) is 20.3 Å². The zero-order valence-corrected chi connectivity index (χ0v) is 10.3. The minimum Gasteiger partial charge on any atom is -0.462 e. The topological polar surface area (TPSA) is 52.3 Å². The molecule has 0 bridgehead atoms. The summed E-state index contributed by atoms with van der Waals surface area (Å²) in [5.74, 6) is 0.158. The summed E-state index contributed by atoms with van der Waals surface area (Å²) in [6.45, 7) is 4.58. The van der Waals surface area contributed by atoms with Gasteiger partial charge in [0.25, 0.3) is 0 Å². The van der Waals surface area contributed by atoms with Gasteiger partial charge >= 0.3 is 5.97 Å². The highest BCUT2D eigenvalue weighted by atomic mass is 35.5. The number of carbonyl (C=O) groups excluding carboxylic acids is 1. The van der Waals surface area contributed by atoms with Crippen LogP contribution >= 0.6 is 11.6 Å². The highest BCUT2D eigenvalue weighted by molar-refractivity contribution is 6.33. The zero-order valence-electron chi connectivity index (χ0n) is 9.50. The van der Waals surface area contributed by atoms with Crippen LogP contribution in [0.3, 0.4) is 0 Å². The molecule has 0 aromatic heterocycles. The minimum absolute atomic E-state index is 0.359. The second-order valence-electron chi connectivity index (χ2n) is 4.05. The van der Waals surface area contributed by atoms with Crippen molar-refractivity contribution in [2.75, 3.05) is 12.3 Å². The highest BCUT2D eigenvalue weighted by Gasteiger charge is 2.09. The predicted molar refractivity (Wildman–Crippen MR) is 65.6 cm³/mol. The number of halogens is 1. The second-order valence-corrected chi connectivity index (χ2v) is 4.46. The maximum atomic E-state index is 11.6. The first-order chi connectivity index (χ1) is 7.50. The first-order valence-electron chi connectivity index (χ1n) is 5.23. The van der Waals surface area contributed by atoms with E-state index in [1.54, 1.807) is 12.1 Å². The Morgan fingerprint density at radius 3 is 2.75 bits per heavy atom. The molecule has 1 aromatic carbocycles. The molecule has 0 atom stereocenters. The molecule has 16 heavy (non-hydrogen) atoms. The first kappa shape index (κ1) is 12.8. The van der Waals surface area contributed by atoms with Crippen molar-refractivity contribution in [1.82, 2.24) is 0 Å². The largest absolute Gasteiger partial charge is 0.462 e. The predicted octanol–water partition coefficient (Wildman–Crippen LogP) is 3.13. The van der Waals surface area contributed by atoms with Crippen LogP contribution in [-0.4, -0.2) is 12.6 Å². The van der Waals surface area contributed by atoms with E-state index >= 15 is 0 Å². The normalized spacial score (nSPS) is 10.5. The summed E-state index contributed by atoms with van der Waals surface area (Å²) in [4.78, 5) is 11.6. The third-order valence-electron chi connectivity index (χ3n) is 2.16. The molecule has 0 unspecified atom stereocenters. The van der Waals surface area contributed by atoms with Crippen molar-refractivity contribution in [2.24, 2.45) is 5.92 Å². The van der Waals surface area contributed by atoms with Crippen LogP contribution in [0.2, 0.25) is 5.02 Å². The van der Waals surface area contributed by atoms with E-state index in [2.05, 4.69) is 13.8 Å². The van der Waals surface area contributed by atoms with Gasteiger partial charge in [-0.2, -0.15) is 0 Å². The first-order valence-corrected chi connectivity index (χ1v) is 5.60. The van der Waals surface area contributed by atoms with Crippen LogP contribution in [0.5, 0.6) is 0 Å². The minimum atomic E-state index is -0.359. The van der Waals surface area contributed by atoms with Crippen LogP contribution < -0.4 is 5.73 Å². The lowest BCUT2D eigenvalue weighted by atomic mass is 10.1. The van der Waals surface area contributed by atoms with Crippen molar-refractivity contribution in [3.63, 3.8) is 0 Å². The summed E-state index contributed by atoms with van der Waals surface area (Å²) in [5, 5.41) is 0.373. The molecular formula is C12H16ClNO2. The Hall–Kier alpha value is -1.22. The number of ether oxygens (including phenoxy) is 1. The molecule has 0 amide bonds. The summed E-state index contributed by atoms with van der Waals surface area (Å²) in [6.07, 6.45) is 0.856. The molecule has 0 saturated carbocycles. The van der Waals surface area contributed by atoms with Gasteiger partial charge < -0.3 is 10.5 Å². The highest BCUT2D eigenvalue weighted by Crippen LogP contribution is 2.20. The van der Waals surface area contributed by atoms with Gasteiger partial charge in [-0.15, -0.1) is 0 Å². The number of benzene rings is 1. The SMILES string of the molecule is CC(C)CCOC(=O)c1ccc(N)c(Cl)c1. The van der Waals surface area contributed by atoms with Gasteiger partial charge in [0.1, 0.15) is 0 Å². The Balaban J connectivity index is 2.56. The van der Waals surface area contributed by atoms with Crippen molar-refractivity contribution in [1.29, 1.82) is 0 Å². The maximum Gasteiger partial charge on any atom is 0.338 e. The van der Waals surface area contributed by atoms with Crippen LogP contribution in [0.1, 0.15) is 30.6 Å². The number of carbonyl (C=O) groups is 1. The lowest BCUT2D eigenvalue weighted by Crippen LogP contribution is -2.08. The van der Waals surface area contributed by atoms with Crippen molar-refractivity contribution >= 4 is 23.3 Å². The van der Waals surface area contributed by atoms with Crippen LogP contribution in [0.15, 0.2) is 18.2 Å². The summed E-state index contributed by atoms with van der Waals surface area (Å²) in [5.41, 5.74) is 6.44. The smallest absolute Gasteiger partial charge is 0.338 e. The van der Waals surface area contributed by atoms with Gasteiger partial charge in [0, 0.05) is 0 Å².